The Morgan fingerprint density at radius 2 is 0.833 bits per heavy atom. The van der Waals surface area contributed by atoms with Crippen molar-refractivity contribution in [2.24, 2.45) is 0 Å². The maximum Gasteiger partial charge on any atom is 3.00 e. The monoisotopic (exact) mass is 239 g/mol. The van der Waals surface area contributed by atoms with Gasteiger partial charge in [0.15, 0.2) is 0 Å². The molecule has 4 nitrogen and oxygen atoms in total. The molecule has 0 saturated carbocycles. The Morgan fingerprint density at radius 3 is 0.833 bits per heavy atom. The molecule has 0 aliphatic rings. The van der Waals surface area contributed by atoms with Gasteiger partial charge in [-0.3, -0.25) is 0 Å². The third-order valence-corrected chi connectivity index (χ3v) is 0. The van der Waals surface area contributed by atoms with Gasteiger partial charge in [-0.05, 0) is 0 Å². The molecule has 0 unspecified atom stereocenters. The third-order valence-electron chi connectivity index (χ3n) is 0. The van der Waals surface area contributed by atoms with Gasteiger partial charge in [0.1, 0.15) is 0 Å². The summed E-state index contributed by atoms with van der Waals surface area (Å²) in [5.74, 6) is 0. The van der Waals surface area contributed by atoms with Crippen LogP contribution in [0.3, 0.4) is 0 Å². The van der Waals surface area contributed by atoms with Gasteiger partial charge in [-0.25, -0.2) is 18.6 Å². The molecule has 0 aliphatic heterocycles. The van der Waals surface area contributed by atoms with Gasteiger partial charge in [0.05, 0.1) is 0 Å². The van der Waals surface area contributed by atoms with E-state index in [2.05, 4.69) is 0 Å². The molecule has 0 spiro atoms. The molecule has 0 aromatic heterocycles. The van der Waals surface area contributed by atoms with Crippen molar-refractivity contribution >= 4 is 0 Å². The maximum absolute atomic E-state index is 8.49. The molecule has 0 saturated heterocycles. The first-order valence-electron chi connectivity index (χ1n) is 0.617. The normalized spacial score (nSPS) is 10.0. The largest absolute Gasteiger partial charge is 3.00 e. The molecule has 0 atom stereocenters. The van der Waals surface area contributed by atoms with Crippen LogP contribution in [0.4, 0.5) is 0 Å². The van der Waals surface area contributed by atoms with Crippen LogP contribution in [0.1, 0.15) is 0 Å². The van der Waals surface area contributed by atoms with E-state index in [1.165, 1.54) is 0 Å². The minimum Gasteiger partial charge on any atom is -0.222 e. The van der Waals surface area contributed by atoms with Crippen molar-refractivity contribution in [1.82, 2.24) is 0 Å². The molecular weight excluding hydrogens is 240 g/mol. The molecule has 0 aromatic carbocycles. The molecule has 0 rings (SSSR count). The van der Waals surface area contributed by atoms with Crippen LogP contribution >= 0.6 is 0 Å². The second-order valence-electron chi connectivity index (χ2n) is 0.378. The third kappa shape index (κ3) is 49.3. The average molecular weight is 240 g/mol. The van der Waals surface area contributed by atoms with Gasteiger partial charge in [-0.15, -0.1) is 10.2 Å². The van der Waals surface area contributed by atoms with Crippen LogP contribution in [0.5, 0.6) is 0 Å². The van der Waals surface area contributed by atoms with Crippen molar-refractivity contribution in [3.8, 4) is 0 Å². The molecule has 0 heterocycles. The summed E-state index contributed by atoms with van der Waals surface area (Å²) in [5, 5.41) is 0. The summed E-state index contributed by atoms with van der Waals surface area (Å²) in [7, 11) is -4.94. The number of rotatable bonds is 0. The second kappa shape index (κ2) is 3.50. The fraction of sp³-hybridized carbons (Fsp3) is 0. The van der Waals surface area contributed by atoms with Gasteiger partial charge in [-0.1, -0.05) is 0 Å². The first-order valence-corrected chi connectivity index (χ1v) is 1.85. The van der Waals surface area contributed by atoms with E-state index in [0.29, 0.717) is 0 Å². The number of hydrogen-bond donors (Lipinski definition) is 0. The van der Waals surface area contributed by atoms with Crippen LogP contribution in [0, 0.1) is 52.0 Å². The van der Waals surface area contributed by atoms with E-state index in [-0.39, 0.29) is 41.7 Å². The van der Waals surface area contributed by atoms with Crippen LogP contribution in [-0.4, -0.2) is 0 Å². The second-order valence-corrected chi connectivity index (χ2v) is 1.13. The fourth-order valence-electron chi connectivity index (χ4n) is 0. The van der Waals surface area contributed by atoms with E-state index in [9.17, 15) is 0 Å². The molecule has 0 aromatic rings. The summed E-state index contributed by atoms with van der Waals surface area (Å²) in [5.41, 5.74) is 0. The molecule has 33 valence electrons. The minimum atomic E-state index is -4.94. The molecule has 0 amide bonds. The zero-order chi connectivity index (χ0) is 4.50. The topological polar surface area (TPSA) is 92.2 Å². The zero-order valence-electron chi connectivity index (χ0n) is 2.51. The van der Waals surface area contributed by atoms with E-state index >= 15 is 0 Å². The summed E-state index contributed by atoms with van der Waals surface area (Å²) in [6.07, 6.45) is 0. The van der Waals surface area contributed by atoms with Gasteiger partial charge >= 0.3 is 41.7 Å². The van der Waals surface area contributed by atoms with Gasteiger partial charge in [-0.2, -0.15) is 0 Å². The number of halogens is 1. The minimum absolute atomic E-state index is 0. The summed E-state index contributed by atoms with van der Waals surface area (Å²) in [6, 6.07) is 0. The van der Waals surface area contributed by atoms with Crippen LogP contribution in [0.25, 0.3) is 0 Å². The van der Waals surface area contributed by atoms with Crippen LogP contribution < -0.4 is 18.6 Å². The van der Waals surface area contributed by atoms with Crippen molar-refractivity contribution in [2.75, 3.05) is 0 Å². The van der Waals surface area contributed by atoms with E-state index in [1.807, 2.05) is 0 Å². The van der Waals surface area contributed by atoms with Crippen molar-refractivity contribution < 1.29 is 70.6 Å². The van der Waals surface area contributed by atoms with Crippen molar-refractivity contribution in [3.05, 3.63) is 0 Å². The summed E-state index contributed by atoms with van der Waals surface area (Å²) < 4.78 is 34.0. The van der Waals surface area contributed by atoms with Gasteiger partial charge in [0.2, 0.25) is 0 Å². The molecule has 0 fully saturated rings. The van der Waals surface area contributed by atoms with Crippen LogP contribution in [-0.2, 0) is 0 Å². The van der Waals surface area contributed by atoms with Crippen LogP contribution in [0.15, 0.2) is 0 Å². The Morgan fingerprint density at radius 1 is 0.833 bits per heavy atom. The molecule has 0 aliphatic carbocycles. The van der Waals surface area contributed by atoms with Crippen molar-refractivity contribution in [2.45, 2.75) is 0 Å². The molecule has 1 radical (unpaired) electrons. The molecule has 6 heteroatoms. The van der Waals surface area contributed by atoms with Gasteiger partial charge in [0.25, 0.3) is 0 Å². The Kier molecular flexibility index (Phi) is 6.12. The summed E-state index contributed by atoms with van der Waals surface area (Å²) >= 11 is 0. The maximum atomic E-state index is 8.49. The fourth-order valence-corrected chi connectivity index (χ4v) is 0. The van der Waals surface area contributed by atoms with Crippen molar-refractivity contribution in [3.63, 3.8) is 0 Å². The van der Waals surface area contributed by atoms with Crippen molar-refractivity contribution in [1.29, 1.82) is 0 Å². The SMILES string of the molecule is [Ce+3].[O-][Cl+3]([O-])([O-])[O-]. The van der Waals surface area contributed by atoms with E-state index in [0.717, 1.165) is 0 Å². The first kappa shape index (κ1) is 10.5. The average Bonchev–Trinajstić information content (AvgIpc) is 0.722. The molecule has 6 heavy (non-hydrogen) atoms. The van der Waals surface area contributed by atoms with Gasteiger partial charge < -0.3 is 0 Å². The van der Waals surface area contributed by atoms with E-state index in [1.54, 1.807) is 0 Å². The Balaban J connectivity index is 0. The molecular formula is CeClO4+2. The summed E-state index contributed by atoms with van der Waals surface area (Å²) in [4.78, 5) is 0. The smallest absolute Gasteiger partial charge is 0.222 e. The molecule has 0 N–H and O–H groups in total. The standard InChI is InChI=1S/Ce.ClHO4/c;2-1(3,4)5/h;(H,2,3,4,5)/q+3;/p-1. The quantitative estimate of drug-likeness (QED) is 0.424. The summed E-state index contributed by atoms with van der Waals surface area (Å²) in [6.45, 7) is 0. The van der Waals surface area contributed by atoms with Gasteiger partial charge in [0, 0.05) is 0 Å². The van der Waals surface area contributed by atoms with E-state index < -0.39 is 10.2 Å². The first-order chi connectivity index (χ1) is 2.00. The van der Waals surface area contributed by atoms with Crippen LogP contribution in [0.2, 0.25) is 0 Å². The zero-order valence-corrected chi connectivity index (χ0v) is 6.41. The number of hydrogen-bond acceptors (Lipinski definition) is 4. The predicted octanol–water partition coefficient (Wildman–Crippen LogP) is -4.76. The Labute approximate surface area is 69.9 Å². The Bertz CT molecular complexity index is 23.0. The predicted molar refractivity (Wildman–Crippen MR) is 0 cm³/mol. The molecule has 0 bridgehead atoms. The van der Waals surface area contributed by atoms with E-state index in [4.69, 9.17) is 18.6 Å². The Hall–Kier alpha value is 1.51.